The molecular weight excluding hydrogens is 450 g/mol. The number of hydrogen-bond donors (Lipinski definition) is 1. The highest BCUT2D eigenvalue weighted by molar-refractivity contribution is 7.92. The quantitative estimate of drug-likeness (QED) is 0.423. The molecule has 0 unspecified atom stereocenters. The maximum atomic E-state index is 13.4. The molecular formula is C24H22ClNO5S. The van der Waals surface area contributed by atoms with E-state index in [2.05, 4.69) is 6.58 Å². The summed E-state index contributed by atoms with van der Waals surface area (Å²) < 4.78 is 34.0. The van der Waals surface area contributed by atoms with Gasteiger partial charge in [-0.15, -0.1) is 0 Å². The predicted octanol–water partition coefficient (Wildman–Crippen LogP) is 5.39. The first-order valence-corrected chi connectivity index (χ1v) is 11.5. The fourth-order valence-electron chi connectivity index (χ4n) is 2.98. The number of rotatable bonds is 9. The first-order chi connectivity index (χ1) is 15.2. The number of ether oxygens (including phenoxy) is 1. The van der Waals surface area contributed by atoms with Crippen LogP contribution in [0.5, 0.6) is 5.75 Å². The van der Waals surface area contributed by atoms with Crippen LogP contribution in [0.2, 0.25) is 5.02 Å². The second-order valence-corrected chi connectivity index (χ2v) is 9.48. The molecule has 0 fully saturated rings. The van der Waals surface area contributed by atoms with Crippen molar-refractivity contribution in [1.82, 2.24) is 0 Å². The number of hydrogen-bond acceptors (Lipinski definition) is 4. The molecule has 6 nitrogen and oxygen atoms in total. The van der Waals surface area contributed by atoms with E-state index in [1.165, 1.54) is 28.6 Å². The third-order valence-corrected chi connectivity index (χ3v) is 6.54. The minimum atomic E-state index is -3.90. The minimum Gasteiger partial charge on any atom is -0.487 e. The van der Waals surface area contributed by atoms with Gasteiger partial charge in [0.2, 0.25) is 0 Å². The van der Waals surface area contributed by atoms with E-state index in [1.54, 1.807) is 55.5 Å². The maximum Gasteiger partial charge on any atom is 0.335 e. The van der Waals surface area contributed by atoms with Crippen LogP contribution in [-0.4, -0.2) is 26.0 Å². The molecule has 1 N–H and O–H groups in total. The molecule has 3 aromatic rings. The van der Waals surface area contributed by atoms with E-state index >= 15 is 0 Å². The zero-order valence-corrected chi connectivity index (χ0v) is 18.9. The van der Waals surface area contributed by atoms with Gasteiger partial charge in [-0.2, -0.15) is 0 Å². The molecule has 3 aromatic carbocycles. The maximum absolute atomic E-state index is 13.4. The van der Waals surface area contributed by atoms with Gasteiger partial charge < -0.3 is 9.84 Å². The second kappa shape index (κ2) is 9.89. The topological polar surface area (TPSA) is 83.9 Å². The Kier molecular flexibility index (Phi) is 7.22. The highest BCUT2D eigenvalue weighted by Crippen LogP contribution is 2.36. The van der Waals surface area contributed by atoms with Crippen LogP contribution >= 0.6 is 11.6 Å². The number of nitrogens with zero attached hydrogens (tertiary/aromatic N) is 1. The predicted molar refractivity (Wildman–Crippen MR) is 125 cm³/mol. The summed E-state index contributed by atoms with van der Waals surface area (Å²) in [5.74, 6) is -0.739. The molecule has 0 aromatic heterocycles. The molecule has 0 atom stereocenters. The average Bonchev–Trinajstić information content (AvgIpc) is 2.77. The lowest BCUT2D eigenvalue weighted by Gasteiger charge is -2.27. The molecule has 32 heavy (non-hydrogen) atoms. The summed E-state index contributed by atoms with van der Waals surface area (Å²) in [6.07, 6.45) is 0. The Labute approximate surface area is 192 Å². The Morgan fingerprint density at radius 2 is 1.72 bits per heavy atom. The average molecular weight is 472 g/mol. The number of halogens is 1. The summed E-state index contributed by atoms with van der Waals surface area (Å²) in [7, 11) is -3.90. The van der Waals surface area contributed by atoms with Crippen LogP contribution in [0, 0.1) is 0 Å². The molecule has 0 amide bonds. The van der Waals surface area contributed by atoms with Gasteiger partial charge in [-0.25, -0.2) is 13.2 Å². The standard InChI is InChI=1S/C24H22ClNO5S/c1-17(2)15-26(32(29,30)21-6-4-3-5-7-21)22-13-12-20(25)14-23(22)31-16-18-8-10-19(11-9-18)24(27)28/h3-14H,1,15-16H2,2H3,(H,27,28). The van der Waals surface area contributed by atoms with Crippen molar-refractivity contribution in [2.24, 2.45) is 0 Å². The molecule has 0 saturated heterocycles. The van der Waals surface area contributed by atoms with Crippen molar-refractivity contribution < 1.29 is 23.1 Å². The van der Waals surface area contributed by atoms with Crippen molar-refractivity contribution in [3.05, 3.63) is 101 Å². The molecule has 3 rings (SSSR count). The molecule has 0 aliphatic rings. The smallest absolute Gasteiger partial charge is 0.335 e. The lowest BCUT2D eigenvalue weighted by molar-refractivity contribution is 0.0697. The molecule has 0 saturated carbocycles. The summed E-state index contributed by atoms with van der Waals surface area (Å²) >= 11 is 6.17. The van der Waals surface area contributed by atoms with Crippen LogP contribution in [0.4, 0.5) is 5.69 Å². The SMILES string of the molecule is C=C(C)CN(c1ccc(Cl)cc1OCc1ccc(C(=O)O)cc1)S(=O)(=O)c1ccccc1. The van der Waals surface area contributed by atoms with Gasteiger partial charge >= 0.3 is 5.97 Å². The van der Waals surface area contributed by atoms with E-state index in [1.807, 2.05) is 0 Å². The molecule has 166 valence electrons. The number of benzene rings is 3. The van der Waals surface area contributed by atoms with Gasteiger partial charge in [-0.3, -0.25) is 4.31 Å². The van der Waals surface area contributed by atoms with Gasteiger partial charge in [0.1, 0.15) is 12.4 Å². The Morgan fingerprint density at radius 1 is 1.06 bits per heavy atom. The van der Waals surface area contributed by atoms with E-state index in [0.717, 1.165) is 5.56 Å². The number of carboxylic acids is 1. The van der Waals surface area contributed by atoms with E-state index in [-0.39, 0.29) is 29.4 Å². The summed E-state index contributed by atoms with van der Waals surface area (Å²) in [6, 6.07) is 19.1. The first kappa shape index (κ1) is 23.4. The number of aromatic carboxylic acids is 1. The van der Waals surface area contributed by atoms with Crippen molar-refractivity contribution in [2.75, 3.05) is 10.8 Å². The molecule has 0 heterocycles. The Morgan fingerprint density at radius 3 is 2.31 bits per heavy atom. The Balaban J connectivity index is 1.97. The zero-order chi connectivity index (χ0) is 23.3. The van der Waals surface area contributed by atoms with E-state index in [9.17, 15) is 13.2 Å². The molecule has 0 bridgehead atoms. The van der Waals surface area contributed by atoms with Crippen LogP contribution in [-0.2, 0) is 16.6 Å². The van der Waals surface area contributed by atoms with Crippen LogP contribution in [0.15, 0.2) is 89.8 Å². The summed E-state index contributed by atoms with van der Waals surface area (Å²) in [5.41, 5.74) is 1.86. The van der Waals surface area contributed by atoms with Gasteiger partial charge in [-0.1, -0.05) is 54.1 Å². The monoisotopic (exact) mass is 471 g/mol. The van der Waals surface area contributed by atoms with Gasteiger partial charge in [0.25, 0.3) is 10.0 Å². The lowest BCUT2D eigenvalue weighted by atomic mass is 10.1. The fourth-order valence-corrected chi connectivity index (χ4v) is 4.70. The molecule has 0 spiro atoms. The highest BCUT2D eigenvalue weighted by atomic mass is 35.5. The van der Waals surface area contributed by atoms with Gasteiger partial charge in [0.05, 0.1) is 22.7 Å². The van der Waals surface area contributed by atoms with E-state index in [0.29, 0.717) is 16.3 Å². The number of anilines is 1. The van der Waals surface area contributed by atoms with Crippen molar-refractivity contribution in [3.63, 3.8) is 0 Å². The van der Waals surface area contributed by atoms with Crippen molar-refractivity contribution in [2.45, 2.75) is 18.4 Å². The van der Waals surface area contributed by atoms with Crippen molar-refractivity contribution in [3.8, 4) is 5.75 Å². The Hall–Kier alpha value is -3.29. The highest BCUT2D eigenvalue weighted by Gasteiger charge is 2.27. The van der Waals surface area contributed by atoms with Crippen molar-refractivity contribution in [1.29, 1.82) is 0 Å². The third kappa shape index (κ3) is 5.49. The summed E-state index contributed by atoms with van der Waals surface area (Å²) in [4.78, 5) is 11.2. The zero-order valence-electron chi connectivity index (χ0n) is 17.4. The lowest BCUT2D eigenvalue weighted by Crippen LogP contribution is -2.32. The largest absolute Gasteiger partial charge is 0.487 e. The summed E-state index contributed by atoms with van der Waals surface area (Å²) in [6.45, 7) is 5.77. The van der Waals surface area contributed by atoms with Gasteiger partial charge in [0, 0.05) is 11.1 Å². The van der Waals surface area contributed by atoms with Crippen LogP contribution in [0.25, 0.3) is 0 Å². The Bertz CT molecular complexity index is 1230. The van der Waals surface area contributed by atoms with Crippen LogP contribution in [0.1, 0.15) is 22.8 Å². The normalized spacial score (nSPS) is 11.1. The minimum absolute atomic E-state index is 0.0581. The first-order valence-electron chi connectivity index (χ1n) is 9.65. The molecule has 0 radical (unpaired) electrons. The molecule has 0 aliphatic carbocycles. The third-order valence-electron chi connectivity index (χ3n) is 4.53. The van der Waals surface area contributed by atoms with Crippen LogP contribution < -0.4 is 9.04 Å². The molecule has 0 aliphatic heterocycles. The fraction of sp³-hybridized carbons (Fsp3) is 0.125. The van der Waals surface area contributed by atoms with Crippen LogP contribution in [0.3, 0.4) is 0 Å². The number of carboxylic acid groups (broad SMARTS) is 1. The van der Waals surface area contributed by atoms with E-state index in [4.69, 9.17) is 21.4 Å². The van der Waals surface area contributed by atoms with Gasteiger partial charge in [-0.05, 0) is 48.9 Å². The number of carbonyl (C=O) groups is 1. The van der Waals surface area contributed by atoms with Gasteiger partial charge in [0.15, 0.2) is 0 Å². The second-order valence-electron chi connectivity index (χ2n) is 7.18. The molecule has 8 heteroatoms. The number of sulfonamides is 1. The summed E-state index contributed by atoms with van der Waals surface area (Å²) in [5, 5.41) is 9.42. The van der Waals surface area contributed by atoms with E-state index < -0.39 is 16.0 Å². The van der Waals surface area contributed by atoms with Crippen molar-refractivity contribution >= 4 is 33.3 Å².